The van der Waals surface area contributed by atoms with Crippen LogP contribution in [0.25, 0.3) is 11.1 Å². The summed E-state index contributed by atoms with van der Waals surface area (Å²) in [5.41, 5.74) is 0.973. The second kappa shape index (κ2) is 13.1. The molecule has 166 valence electrons. The number of aryl methyl sites for hydroxylation is 2. The molecule has 2 aromatic carbocycles. The molecule has 0 unspecified atom stereocenters. The molecule has 11 heteroatoms. The maximum Gasteiger partial charge on any atom is 1.00 e. The summed E-state index contributed by atoms with van der Waals surface area (Å²) >= 11 is 0. The number of halogens is 1. The molecule has 0 aliphatic heterocycles. The number of carboxylic acids is 1. The Morgan fingerprint density at radius 1 is 1.09 bits per heavy atom. The third kappa shape index (κ3) is 7.43. The second-order valence-corrected chi connectivity index (χ2v) is 7.29. The molecule has 0 bridgehead atoms. The van der Waals surface area contributed by atoms with E-state index in [4.69, 9.17) is 0 Å². The van der Waals surface area contributed by atoms with Crippen LogP contribution in [-0.4, -0.2) is 16.6 Å². The third-order valence-electron chi connectivity index (χ3n) is 4.89. The van der Waals surface area contributed by atoms with E-state index in [-0.39, 0.29) is 64.7 Å². The average molecular weight is 483 g/mol. The van der Waals surface area contributed by atoms with Crippen LogP contribution in [0, 0.1) is 12.7 Å². The van der Waals surface area contributed by atoms with E-state index in [9.17, 15) is 29.0 Å². The number of nitrogens with zero attached hydrogens (tertiary/aromatic N) is 1. The van der Waals surface area contributed by atoms with Crippen LogP contribution < -0.4 is 85.5 Å². The number of hydrogen-bond acceptors (Lipinski definition) is 5. The molecule has 3 rings (SSSR count). The smallest absolute Gasteiger partial charge is 0.871 e. The van der Waals surface area contributed by atoms with E-state index in [1.165, 1.54) is 32.3 Å². The van der Waals surface area contributed by atoms with Crippen molar-refractivity contribution in [1.82, 2.24) is 9.88 Å². The first-order chi connectivity index (χ1) is 15.2. The molecule has 1 heterocycles. The van der Waals surface area contributed by atoms with Gasteiger partial charge in [-0.2, -0.15) is 0 Å². The van der Waals surface area contributed by atoms with Gasteiger partial charge in [0.1, 0.15) is 11.5 Å². The zero-order chi connectivity index (χ0) is 23.4. The van der Waals surface area contributed by atoms with Gasteiger partial charge in [-0.25, -0.2) is 9.18 Å². The van der Waals surface area contributed by atoms with Crippen LogP contribution in [-0.2, 0) is 11.8 Å². The van der Waals surface area contributed by atoms with Crippen LogP contribution in [0.1, 0.15) is 23.6 Å². The number of rotatable bonds is 6. The first kappa shape index (κ1) is 29.9. The normalized spacial score (nSPS) is 10.9. The van der Waals surface area contributed by atoms with E-state index in [1.54, 1.807) is 36.4 Å². The number of carboxylic acid groups (broad SMARTS) is 1. The Hall–Kier alpha value is -2.14. The van der Waals surface area contributed by atoms with Crippen molar-refractivity contribution in [3.05, 3.63) is 82.0 Å². The summed E-state index contributed by atoms with van der Waals surface area (Å²) in [6.07, 6.45) is 0.809. The van der Waals surface area contributed by atoms with Gasteiger partial charge in [0.05, 0.1) is 6.04 Å². The average Bonchev–Trinajstić information content (AvgIpc) is 2.75. The first-order valence-corrected chi connectivity index (χ1v) is 9.66. The van der Waals surface area contributed by atoms with E-state index < -0.39 is 47.3 Å². The monoisotopic (exact) mass is 483 g/mol. The van der Waals surface area contributed by atoms with Crippen LogP contribution >= 0.6 is 0 Å². The summed E-state index contributed by atoms with van der Waals surface area (Å²) in [5.74, 6) is -2.42. The maximum absolute atomic E-state index is 13.2. The number of carbonyl (C=O) groups is 2. The second-order valence-electron chi connectivity index (χ2n) is 7.29. The molecule has 2 amide bonds. The number of carbonyl (C=O) groups excluding carboxylic acids is 2. The molecule has 0 saturated heterocycles. The summed E-state index contributed by atoms with van der Waals surface area (Å²) in [7, 11) is 1.44. The molecule has 0 aliphatic rings. The van der Waals surface area contributed by atoms with E-state index in [2.05, 4.69) is 10.6 Å². The van der Waals surface area contributed by atoms with Gasteiger partial charge in [-0.05, 0) is 47.4 Å². The van der Waals surface area contributed by atoms with Crippen LogP contribution in [0.4, 0.5) is 14.9 Å². The minimum Gasteiger partial charge on any atom is -0.871 e. The molecule has 1 aromatic heterocycles. The number of nitrogens with one attached hydrogen (secondary N) is 2. The van der Waals surface area contributed by atoms with Gasteiger partial charge in [0.15, 0.2) is 0 Å². The van der Waals surface area contributed by atoms with Crippen LogP contribution in [0.15, 0.2) is 59.5 Å². The minimum atomic E-state index is -1.40. The van der Waals surface area contributed by atoms with Gasteiger partial charge < -0.3 is 30.2 Å². The van der Waals surface area contributed by atoms with Crippen molar-refractivity contribution in [3.8, 4) is 16.9 Å². The number of aliphatic carboxylic acids is 1. The fourth-order valence-corrected chi connectivity index (χ4v) is 3.29. The van der Waals surface area contributed by atoms with Gasteiger partial charge in [0.25, 0.3) is 5.56 Å². The fourth-order valence-electron chi connectivity index (χ4n) is 3.29. The Bertz CT molecular complexity index is 1230. The van der Waals surface area contributed by atoms with Gasteiger partial charge in [0.2, 0.25) is 0 Å². The number of hydrogen-bond donors (Lipinski definition) is 2. The Morgan fingerprint density at radius 2 is 1.74 bits per heavy atom. The van der Waals surface area contributed by atoms with Crippen molar-refractivity contribution < 1.29 is 83.3 Å². The molecule has 34 heavy (non-hydrogen) atoms. The maximum atomic E-state index is 13.2. The Labute approximate surface area is 239 Å². The number of pyridine rings is 1. The van der Waals surface area contributed by atoms with Crippen molar-refractivity contribution >= 4 is 17.7 Å². The zero-order valence-electron chi connectivity index (χ0n) is 19.3. The Balaban J connectivity index is 0.00000289. The van der Waals surface area contributed by atoms with Gasteiger partial charge in [-0.1, -0.05) is 36.1 Å². The number of amides is 2. The molecule has 1 atom stereocenters. The molecule has 0 spiro atoms. The van der Waals surface area contributed by atoms with Crippen molar-refractivity contribution in [2.75, 3.05) is 5.32 Å². The molecule has 0 saturated carbocycles. The molecule has 3 aromatic rings. The quantitative estimate of drug-likeness (QED) is 0.343. The minimum absolute atomic E-state index is 0. The zero-order valence-corrected chi connectivity index (χ0v) is 23.3. The number of benzene rings is 2. The molecular weight excluding hydrogens is 463 g/mol. The summed E-state index contributed by atoms with van der Waals surface area (Å²) in [6, 6.07) is 10.5. The SMILES string of the molecule is Cc1cn(C)c(=O)c(NC(=O)N[C@@H](CC(=O)[O-])c2cccc(-c3ccc(F)cc3)c2)c1[O-].[Na+].[Na+]. The number of aromatic nitrogens is 1. The van der Waals surface area contributed by atoms with Crippen molar-refractivity contribution in [3.63, 3.8) is 0 Å². The standard InChI is InChI=1S/C23H22FN3O5.2Na/c1-13-12-27(2)22(31)20(21(13)30)26-23(32)25-18(11-19(28)29)16-5-3-4-15(10-16)14-6-8-17(24)9-7-14;;/h3-10,12,18,30H,11H2,1-2H3,(H,28,29)(H2,25,26,32);;/q;2*+1/p-2/t18-;;/m0../s1. The van der Waals surface area contributed by atoms with Gasteiger partial charge in [0, 0.05) is 25.6 Å². The van der Waals surface area contributed by atoms with Gasteiger partial charge >= 0.3 is 65.1 Å². The molecule has 2 N–H and O–H groups in total. The first-order valence-electron chi connectivity index (χ1n) is 9.66. The number of anilines is 1. The Morgan fingerprint density at radius 3 is 2.35 bits per heavy atom. The van der Waals surface area contributed by atoms with E-state index >= 15 is 0 Å². The third-order valence-corrected chi connectivity index (χ3v) is 4.89. The summed E-state index contributed by atoms with van der Waals surface area (Å²) in [4.78, 5) is 36.0. The number of urea groups is 1. The summed E-state index contributed by atoms with van der Waals surface area (Å²) in [6.45, 7) is 1.50. The topological polar surface area (TPSA) is 126 Å². The van der Waals surface area contributed by atoms with E-state index in [1.807, 2.05) is 0 Å². The molecule has 0 fully saturated rings. The van der Waals surface area contributed by atoms with Crippen LogP contribution in [0.3, 0.4) is 0 Å². The summed E-state index contributed by atoms with van der Waals surface area (Å²) in [5, 5.41) is 28.2. The summed E-state index contributed by atoms with van der Waals surface area (Å²) < 4.78 is 14.4. The van der Waals surface area contributed by atoms with Crippen LogP contribution in [0.2, 0.25) is 0 Å². The van der Waals surface area contributed by atoms with Gasteiger partial charge in [-0.3, -0.25) is 4.79 Å². The van der Waals surface area contributed by atoms with Crippen LogP contribution in [0.5, 0.6) is 5.75 Å². The van der Waals surface area contributed by atoms with E-state index in [0.717, 1.165) is 4.57 Å². The molecule has 8 nitrogen and oxygen atoms in total. The molecule has 0 aliphatic carbocycles. The van der Waals surface area contributed by atoms with Gasteiger partial charge in [-0.15, -0.1) is 0 Å². The van der Waals surface area contributed by atoms with Crippen molar-refractivity contribution in [1.29, 1.82) is 0 Å². The fraction of sp³-hybridized carbons (Fsp3) is 0.174. The molecule has 0 radical (unpaired) electrons. The molecular formula is C23H20FN3Na2O5. The Kier molecular flexibility index (Phi) is 11.5. The largest absolute Gasteiger partial charge is 1.00 e. The van der Waals surface area contributed by atoms with Crippen molar-refractivity contribution in [2.45, 2.75) is 19.4 Å². The predicted molar refractivity (Wildman–Crippen MR) is 112 cm³/mol. The predicted octanol–water partition coefficient (Wildman–Crippen LogP) is -4.42. The van der Waals surface area contributed by atoms with Crippen molar-refractivity contribution in [2.24, 2.45) is 7.05 Å². The van der Waals surface area contributed by atoms with E-state index in [0.29, 0.717) is 16.7 Å².